The van der Waals surface area contributed by atoms with Gasteiger partial charge in [-0.25, -0.2) is 13.8 Å². The summed E-state index contributed by atoms with van der Waals surface area (Å²) in [7, 11) is 0. The molecule has 1 heterocycles. The second kappa shape index (κ2) is 5.52. The number of pyridine rings is 1. The van der Waals surface area contributed by atoms with Gasteiger partial charge in [-0.05, 0) is 13.0 Å². The Morgan fingerprint density at radius 3 is 2.45 bits per heavy atom. The Balaban J connectivity index is 2.36. The van der Waals surface area contributed by atoms with Gasteiger partial charge in [0.25, 0.3) is 0 Å². The molecule has 0 aliphatic carbocycles. The lowest BCUT2D eigenvalue weighted by molar-refractivity contribution is 0.318. The third-order valence-electron chi connectivity index (χ3n) is 2.39. The first-order valence-corrected chi connectivity index (χ1v) is 5.58. The van der Waals surface area contributed by atoms with Gasteiger partial charge >= 0.3 is 0 Å². The number of benzene rings is 1. The summed E-state index contributed by atoms with van der Waals surface area (Å²) in [5.74, 6) is -1.60. The molecule has 0 saturated heterocycles. The number of oxime groups is 1. The second-order valence-electron chi connectivity index (χ2n) is 4.03. The Kier molecular flexibility index (Phi) is 3.79. The van der Waals surface area contributed by atoms with E-state index in [0.717, 1.165) is 18.2 Å². The van der Waals surface area contributed by atoms with E-state index in [0.29, 0.717) is 11.3 Å². The number of aryl methyl sites for hydroxylation is 1. The van der Waals surface area contributed by atoms with Gasteiger partial charge in [0.05, 0.1) is 0 Å². The fourth-order valence-electron chi connectivity index (χ4n) is 1.60. The summed E-state index contributed by atoms with van der Waals surface area (Å²) in [4.78, 5) is 4.05. The van der Waals surface area contributed by atoms with Crippen LogP contribution in [0.15, 0.2) is 35.5 Å². The highest BCUT2D eigenvalue weighted by atomic mass is 19.1. The van der Waals surface area contributed by atoms with E-state index in [1.54, 1.807) is 13.0 Å². The molecule has 0 radical (unpaired) electrons. The lowest BCUT2D eigenvalue weighted by atomic mass is 10.2. The number of rotatable bonds is 3. The van der Waals surface area contributed by atoms with E-state index in [1.165, 1.54) is 6.07 Å². The van der Waals surface area contributed by atoms with Crippen LogP contribution >= 0.6 is 0 Å². The van der Waals surface area contributed by atoms with Crippen molar-refractivity contribution >= 4 is 5.84 Å². The number of amidine groups is 1. The van der Waals surface area contributed by atoms with Crippen LogP contribution in [0.5, 0.6) is 11.6 Å². The quantitative estimate of drug-likeness (QED) is 0.391. The van der Waals surface area contributed by atoms with Gasteiger partial charge in [-0.1, -0.05) is 5.16 Å². The van der Waals surface area contributed by atoms with Crippen molar-refractivity contribution in [2.75, 3.05) is 0 Å². The van der Waals surface area contributed by atoms with Crippen LogP contribution in [0.2, 0.25) is 0 Å². The van der Waals surface area contributed by atoms with Crippen molar-refractivity contribution in [1.29, 1.82) is 0 Å². The molecule has 1 aromatic heterocycles. The molecular weight excluding hydrogens is 268 g/mol. The van der Waals surface area contributed by atoms with E-state index in [-0.39, 0.29) is 17.5 Å². The molecule has 3 N–H and O–H groups in total. The van der Waals surface area contributed by atoms with Crippen LogP contribution in [-0.2, 0) is 0 Å². The maximum atomic E-state index is 13.1. The predicted octanol–water partition coefficient (Wildman–Crippen LogP) is 2.56. The van der Waals surface area contributed by atoms with Crippen LogP contribution in [0, 0.1) is 18.6 Å². The molecule has 0 fully saturated rings. The molecule has 0 saturated carbocycles. The summed E-state index contributed by atoms with van der Waals surface area (Å²) in [6.07, 6.45) is 0. The number of ether oxygens (including phenoxy) is 1. The maximum Gasteiger partial charge on any atom is 0.220 e. The summed E-state index contributed by atoms with van der Waals surface area (Å²) in [6.45, 7) is 1.67. The fraction of sp³-hybridized carbons (Fsp3) is 0.0769. The van der Waals surface area contributed by atoms with Crippen LogP contribution in [-0.4, -0.2) is 16.0 Å². The van der Waals surface area contributed by atoms with Gasteiger partial charge in [0, 0.05) is 35.5 Å². The number of hydrogen-bond donors (Lipinski definition) is 2. The minimum absolute atomic E-state index is 0.0361. The SMILES string of the molecule is Cc1cc(/C(N)=N/O)cc(Oc2cc(F)cc(F)c2)n1. The van der Waals surface area contributed by atoms with Crippen molar-refractivity contribution in [2.45, 2.75) is 6.92 Å². The Labute approximate surface area is 113 Å². The molecular formula is C13H11F2N3O2. The predicted molar refractivity (Wildman–Crippen MR) is 67.9 cm³/mol. The number of nitrogens with zero attached hydrogens (tertiary/aromatic N) is 2. The van der Waals surface area contributed by atoms with E-state index < -0.39 is 11.6 Å². The fourth-order valence-corrected chi connectivity index (χ4v) is 1.60. The second-order valence-corrected chi connectivity index (χ2v) is 4.03. The minimum atomic E-state index is -0.760. The summed E-state index contributed by atoms with van der Waals surface area (Å²) in [5, 5.41) is 11.5. The molecule has 0 aliphatic heterocycles. The Morgan fingerprint density at radius 1 is 1.20 bits per heavy atom. The molecule has 0 unspecified atom stereocenters. The third kappa shape index (κ3) is 3.19. The average Bonchev–Trinajstić information content (AvgIpc) is 2.35. The highest BCUT2D eigenvalue weighted by molar-refractivity contribution is 5.97. The number of aromatic nitrogens is 1. The van der Waals surface area contributed by atoms with Gasteiger partial charge in [-0.15, -0.1) is 0 Å². The maximum absolute atomic E-state index is 13.1. The Morgan fingerprint density at radius 2 is 1.85 bits per heavy atom. The first kappa shape index (κ1) is 13.7. The first-order valence-electron chi connectivity index (χ1n) is 5.58. The van der Waals surface area contributed by atoms with Crippen molar-refractivity contribution in [2.24, 2.45) is 10.9 Å². The van der Waals surface area contributed by atoms with Gasteiger partial charge in [-0.2, -0.15) is 0 Å². The van der Waals surface area contributed by atoms with Crippen molar-refractivity contribution in [3.63, 3.8) is 0 Å². The highest BCUT2D eigenvalue weighted by Gasteiger charge is 2.08. The molecule has 0 amide bonds. The lowest BCUT2D eigenvalue weighted by Crippen LogP contribution is -2.13. The number of halogens is 2. The van der Waals surface area contributed by atoms with Crippen LogP contribution < -0.4 is 10.5 Å². The van der Waals surface area contributed by atoms with E-state index in [1.807, 2.05) is 0 Å². The van der Waals surface area contributed by atoms with Gasteiger partial charge in [0.15, 0.2) is 5.84 Å². The van der Waals surface area contributed by atoms with Crippen LogP contribution in [0.25, 0.3) is 0 Å². The van der Waals surface area contributed by atoms with Gasteiger partial charge < -0.3 is 15.7 Å². The molecule has 20 heavy (non-hydrogen) atoms. The molecule has 7 heteroatoms. The third-order valence-corrected chi connectivity index (χ3v) is 2.39. The first-order chi connectivity index (χ1) is 9.47. The molecule has 5 nitrogen and oxygen atoms in total. The monoisotopic (exact) mass is 279 g/mol. The smallest absolute Gasteiger partial charge is 0.220 e. The number of hydrogen-bond acceptors (Lipinski definition) is 4. The topological polar surface area (TPSA) is 80.7 Å². The van der Waals surface area contributed by atoms with Crippen LogP contribution in [0.1, 0.15) is 11.3 Å². The summed E-state index contributed by atoms with van der Waals surface area (Å²) >= 11 is 0. The highest BCUT2D eigenvalue weighted by Crippen LogP contribution is 2.23. The summed E-state index contributed by atoms with van der Waals surface area (Å²) in [6, 6.07) is 5.75. The zero-order valence-corrected chi connectivity index (χ0v) is 10.5. The molecule has 2 aromatic rings. The van der Waals surface area contributed by atoms with Crippen molar-refractivity contribution < 1.29 is 18.7 Å². The van der Waals surface area contributed by atoms with Crippen molar-refractivity contribution in [3.05, 3.63) is 53.2 Å². The van der Waals surface area contributed by atoms with Gasteiger partial charge in [-0.3, -0.25) is 0 Å². The molecule has 0 bridgehead atoms. The van der Waals surface area contributed by atoms with Crippen molar-refractivity contribution in [3.8, 4) is 11.6 Å². The minimum Gasteiger partial charge on any atom is -0.439 e. The molecule has 0 aliphatic rings. The molecule has 1 aromatic carbocycles. The van der Waals surface area contributed by atoms with Crippen LogP contribution in [0.4, 0.5) is 8.78 Å². The Bertz CT molecular complexity index is 654. The Hall–Kier alpha value is -2.70. The van der Waals surface area contributed by atoms with E-state index in [2.05, 4.69) is 10.1 Å². The van der Waals surface area contributed by atoms with Gasteiger partial charge in [0.1, 0.15) is 17.4 Å². The summed E-state index contributed by atoms with van der Waals surface area (Å²) < 4.78 is 31.4. The molecule has 0 atom stereocenters. The molecule has 104 valence electrons. The lowest BCUT2D eigenvalue weighted by Gasteiger charge is -2.08. The largest absolute Gasteiger partial charge is 0.439 e. The van der Waals surface area contributed by atoms with E-state index in [4.69, 9.17) is 15.7 Å². The zero-order chi connectivity index (χ0) is 14.7. The summed E-state index contributed by atoms with van der Waals surface area (Å²) in [5.41, 5.74) is 6.39. The average molecular weight is 279 g/mol. The normalized spacial score (nSPS) is 11.4. The standard InChI is InChI=1S/C13H11F2N3O2/c1-7-2-8(13(16)18-19)3-12(17-7)20-11-5-9(14)4-10(15)6-11/h2-6,19H,1H3,(H2,16,18). The zero-order valence-electron chi connectivity index (χ0n) is 10.5. The van der Waals surface area contributed by atoms with Crippen LogP contribution in [0.3, 0.4) is 0 Å². The van der Waals surface area contributed by atoms with Gasteiger partial charge in [0.2, 0.25) is 5.88 Å². The van der Waals surface area contributed by atoms with E-state index in [9.17, 15) is 8.78 Å². The number of nitrogens with two attached hydrogens (primary N) is 1. The van der Waals surface area contributed by atoms with E-state index >= 15 is 0 Å². The van der Waals surface area contributed by atoms with Crippen molar-refractivity contribution in [1.82, 2.24) is 4.98 Å². The molecule has 0 spiro atoms. The molecule has 2 rings (SSSR count).